The average molecular weight is 357 g/mol. The van der Waals surface area contributed by atoms with Crippen molar-refractivity contribution in [3.63, 3.8) is 0 Å². The lowest BCUT2D eigenvalue weighted by molar-refractivity contribution is -0.138. The van der Waals surface area contributed by atoms with Gasteiger partial charge in [0.1, 0.15) is 5.69 Å². The Morgan fingerprint density at radius 3 is 1.52 bits per heavy atom. The summed E-state index contributed by atoms with van der Waals surface area (Å²) < 4.78 is 80.4. The summed E-state index contributed by atoms with van der Waals surface area (Å²) in [5.74, 6) is 0.212. The molecule has 25 heavy (non-hydrogen) atoms. The molecule has 0 spiro atoms. The van der Waals surface area contributed by atoms with Gasteiger partial charge in [0.2, 0.25) is 0 Å². The van der Waals surface area contributed by atoms with Crippen molar-refractivity contribution in [2.75, 3.05) is 0 Å². The molecule has 1 aromatic heterocycles. The first-order valence-corrected chi connectivity index (χ1v) is 6.96. The molecule has 0 atom stereocenters. The van der Waals surface area contributed by atoms with Gasteiger partial charge in [-0.15, -0.1) is 0 Å². The third kappa shape index (κ3) is 3.67. The Morgan fingerprint density at radius 1 is 0.640 bits per heavy atom. The summed E-state index contributed by atoms with van der Waals surface area (Å²) in [4.78, 5) is 0. The molecular weight excluding hydrogens is 348 g/mol. The summed E-state index contributed by atoms with van der Waals surface area (Å²) in [5, 5.41) is 3.75. The minimum absolute atomic E-state index is 0.212. The second-order valence-corrected chi connectivity index (χ2v) is 5.23. The van der Waals surface area contributed by atoms with Crippen molar-refractivity contribution in [2.45, 2.75) is 12.4 Å². The van der Waals surface area contributed by atoms with E-state index in [2.05, 4.69) is 5.16 Å². The van der Waals surface area contributed by atoms with Crippen LogP contribution >= 0.6 is 0 Å². The number of aromatic nitrogens is 1. The van der Waals surface area contributed by atoms with E-state index in [4.69, 9.17) is 4.52 Å². The molecule has 1 heterocycles. The van der Waals surface area contributed by atoms with Crippen LogP contribution in [0.15, 0.2) is 59.1 Å². The van der Waals surface area contributed by atoms with Gasteiger partial charge in [-0.3, -0.25) is 0 Å². The van der Waals surface area contributed by atoms with Gasteiger partial charge < -0.3 is 4.52 Å². The van der Waals surface area contributed by atoms with Gasteiger partial charge in [-0.2, -0.15) is 26.3 Å². The molecule has 0 saturated carbocycles. The number of hydrogen-bond acceptors (Lipinski definition) is 2. The number of nitrogens with zero attached hydrogens (tertiary/aromatic N) is 1. The summed E-state index contributed by atoms with van der Waals surface area (Å²) in [7, 11) is 0. The van der Waals surface area contributed by atoms with Crippen molar-refractivity contribution >= 4 is 0 Å². The largest absolute Gasteiger partial charge is 0.416 e. The molecule has 0 radical (unpaired) electrons. The zero-order valence-electron chi connectivity index (χ0n) is 12.3. The van der Waals surface area contributed by atoms with Crippen LogP contribution in [0.5, 0.6) is 0 Å². The Bertz CT molecular complexity index is 788. The smallest absolute Gasteiger partial charge is 0.356 e. The minimum atomic E-state index is -4.44. The van der Waals surface area contributed by atoms with Gasteiger partial charge in [-0.05, 0) is 24.3 Å². The SMILES string of the molecule is FC(F)(F)c1ccc(-c2cc(-c3ccc(C(F)(F)F)cc3)on2)cc1. The lowest BCUT2D eigenvalue weighted by atomic mass is 10.1. The molecule has 0 aliphatic rings. The molecule has 0 bridgehead atoms. The Morgan fingerprint density at radius 2 is 1.08 bits per heavy atom. The number of rotatable bonds is 2. The fourth-order valence-electron chi connectivity index (χ4n) is 2.20. The van der Waals surface area contributed by atoms with Crippen molar-refractivity contribution in [1.82, 2.24) is 5.16 Å². The molecule has 0 amide bonds. The molecule has 3 rings (SSSR count). The van der Waals surface area contributed by atoms with Crippen LogP contribution in [0.3, 0.4) is 0 Å². The average Bonchev–Trinajstić information content (AvgIpc) is 3.03. The molecule has 0 aliphatic heterocycles. The van der Waals surface area contributed by atoms with Crippen molar-refractivity contribution in [2.24, 2.45) is 0 Å². The molecule has 0 unspecified atom stereocenters. The Kier molecular flexibility index (Phi) is 4.06. The maximum Gasteiger partial charge on any atom is 0.416 e. The topological polar surface area (TPSA) is 26.0 Å². The van der Waals surface area contributed by atoms with Crippen molar-refractivity contribution in [1.29, 1.82) is 0 Å². The van der Waals surface area contributed by atoms with Gasteiger partial charge in [0, 0.05) is 17.2 Å². The van der Waals surface area contributed by atoms with Crippen molar-refractivity contribution in [3.05, 3.63) is 65.7 Å². The highest BCUT2D eigenvalue weighted by molar-refractivity contribution is 5.67. The van der Waals surface area contributed by atoms with E-state index in [1.807, 2.05) is 0 Å². The third-order valence-corrected chi connectivity index (χ3v) is 3.51. The molecule has 0 N–H and O–H groups in total. The van der Waals surface area contributed by atoms with E-state index in [1.54, 1.807) is 0 Å². The van der Waals surface area contributed by atoms with Crippen LogP contribution in [0, 0.1) is 0 Å². The maximum atomic E-state index is 12.5. The molecule has 0 fully saturated rings. The molecule has 2 nitrogen and oxygen atoms in total. The van der Waals surface area contributed by atoms with E-state index in [1.165, 1.54) is 30.3 Å². The van der Waals surface area contributed by atoms with Gasteiger partial charge in [0.05, 0.1) is 11.1 Å². The molecule has 130 valence electrons. The first-order chi connectivity index (χ1) is 11.6. The van der Waals surface area contributed by atoms with Crippen molar-refractivity contribution in [3.8, 4) is 22.6 Å². The lowest BCUT2D eigenvalue weighted by Crippen LogP contribution is -2.03. The van der Waals surface area contributed by atoms with E-state index in [0.717, 1.165) is 24.3 Å². The maximum absolute atomic E-state index is 12.5. The highest BCUT2D eigenvalue weighted by Crippen LogP contribution is 2.33. The quantitative estimate of drug-likeness (QED) is 0.522. The van der Waals surface area contributed by atoms with E-state index >= 15 is 0 Å². The highest BCUT2D eigenvalue weighted by atomic mass is 19.4. The van der Waals surface area contributed by atoms with E-state index < -0.39 is 23.5 Å². The monoisotopic (exact) mass is 357 g/mol. The second kappa shape index (κ2) is 5.94. The van der Waals surface area contributed by atoms with Gasteiger partial charge in [0.25, 0.3) is 0 Å². The summed E-state index contributed by atoms with van der Waals surface area (Å²) in [6, 6.07) is 10.1. The minimum Gasteiger partial charge on any atom is -0.356 e. The molecular formula is C17H9F6NO. The normalized spacial score (nSPS) is 12.4. The number of benzene rings is 2. The van der Waals surface area contributed by atoms with Crippen LogP contribution in [-0.2, 0) is 12.4 Å². The van der Waals surface area contributed by atoms with Gasteiger partial charge in [-0.25, -0.2) is 0 Å². The fourth-order valence-corrected chi connectivity index (χ4v) is 2.20. The number of halogens is 6. The third-order valence-electron chi connectivity index (χ3n) is 3.51. The number of alkyl halides is 6. The van der Waals surface area contributed by atoms with E-state index in [0.29, 0.717) is 11.1 Å². The predicted molar refractivity (Wildman–Crippen MR) is 77.4 cm³/mol. The van der Waals surface area contributed by atoms with E-state index in [-0.39, 0.29) is 11.5 Å². The van der Waals surface area contributed by atoms with Crippen LogP contribution < -0.4 is 0 Å². The van der Waals surface area contributed by atoms with E-state index in [9.17, 15) is 26.3 Å². The van der Waals surface area contributed by atoms with Crippen LogP contribution in [-0.4, -0.2) is 5.16 Å². The van der Waals surface area contributed by atoms with Gasteiger partial charge >= 0.3 is 12.4 Å². The number of hydrogen-bond donors (Lipinski definition) is 0. The summed E-state index contributed by atoms with van der Waals surface area (Å²) >= 11 is 0. The fraction of sp³-hybridized carbons (Fsp3) is 0.118. The van der Waals surface area contributed by atoms with Gasteiger partial charge in [-0.1, -0.05) is 29.4 Å². The van der Waals surface area contributed by atoms with Crippen LogP contribution in [0.25, 0.3) is 22.6 Å². The molecule has 0 aliphatic carbocycles. The summed E-state index contributed by atoms with van der Waals surface area (Å²) in [6.45, 7) is 0. The Hall–Kier alpha value is -2.77. The molecule has 0 saturated heterocycles. The van der Waals surface area contributed by atoms with Gasteiger partial charge in [0.15, 0.2) is 5.76 Å². The summed E-state index contributed by atoms with van der Waals surface area (Å²) in [5.41, 5.74) is -0.529. The standard InChI is InChI=1S/C17H9F6NO/c18-16(19,20)12-5-1-10(2-6-12)14-9-15(25-24-14)11-3-7-13(8-4-11)17(21,22)23/h1-9H. The molecule has 8 heteroatoms. The van der Waals surface area contributed by atoms with Crippen LogP contribution in [0.2, 0.25) is 0 Å². The molecule has 2 aromatic carbocycles. The first kappa shape index (κ1) is 17.1. The van der Waals surface area contributed by atoms with Crippen molar-refractivity contribution < 1.29 is 30.9 Å². The lowest BCUT2D eigenvalue weighted by Gasteiger charge is -2.06. The van der Waals surface area contributed by atoms with Crippen LogP contribution in [0.1, 0.15) is 11.1 Å². The zero-order chi connectivity index (χ0) is 18.2. The summed E-state index contributed by atoms with van der Waals surface area (Å²) in [6.07, 6.45) is -8.88. The molecule has 3 aromatic rings. The Labute approximate surface area is 137 Å². The Balaban J connectivity index is 1.85. The zero-order valence-corrected chi connectivity index (χ0v) is 12.3. The predicted octanol–water partition coefficient (Wildman–Crippen LogP) is 6.05. The first-order valence-electron chi connectivity index (χ1n) is 6.96. The second-order valence-electron chi connectivity index (χ2n) is 5.23. The highest BCUT2D eigenvalue weighted by Gasteiger charge is 2.31. The van der Waals surface area contributed by atoms with Crippen LogP contribution in [0.4, 0.5) is 26.3 Å².